The summed E-state index contributed by atoms with van der Waals surface area (Å²) in [6.07, 6.45) is 0. The molecule has 1 amide bonds. The molecule has 1 aromatic heterocycles. The number of aromatic nitrogens is 2. The highest BCUT2D eigenvalue weighted by molar-refractivity contribution is 5.93. The van der Waals surface area contributed by atoms with Gasteiger partial charge in [-0.1, -0.05) is 48.2 Å². The first kappa shape index (κ1) is 21.8. The Hall–Kier alpha value is -4.44. The zero-order chi connectivity index (χ0) is 23.0. The van der Waals surface area contributed by atoms with Gasteiger partial charge in [-0.25, -0.2) is 0 Å². The number of ether oxygens (including phenoxy) is 3. The van der Waals surface area contributed by atoms with Crippen LogP contribution >= 0.6 is 0 Å². The number of carbonyl (C=O) groups is 1. The molecule has 0 bridgehead atoms. The number of H-pyrrole nitrogens is 1. The molecule has 0 unspecified atom stereocenters. The Morgan fingerprint density at radius 3 is 2.67 bits per heavy atom. The molecule has 7 heteroatoms. The normalized spacial score (nSPS) is 10.2. The van der Waals surface area contributed by atoms with Crippen LogP contribution in [0.3, 0.4) is 0 Å². The molecule has 33 heavy (non-hydrogen) atoms. The minimum atomic E-state index is -0.306. The summed E-state index contributed by atoms with van der Waals surface area (Å²) in [6.45, 7) is 0.419. The largest absolute Gasteiger partial charge is 0.497 e. The first-order chi connectivity index (χ1) is 16.2. The molecule has 0 spiro atoms. The number of hydrogen-bond donors (Lipinski definition) is 2. The van der Waals surface area contributed by atoms with Crippen molar-refractivity contribution < 1.29 is 19.0 Å². The van der Waals surface area contributed by atoms with Crippen molar-refractivity contribution in [1.82, 2.24) is 15.5 Å². The summed E-state index contributed by atoms with van der Waals surface area (Å²) >= 11 is 0. The molecule has 4 aromatic rings. The molecule has 0 saturated heterocycles. The number of amides is 1. The molecule has 0 fully saturated rings. The quantitative estimate of drug-likeness (QED) is 0.423. The maximum Gasteiger partial charge on any atom is 0.270 e. The highest BCUT2D eigenvalue weighted by Crippen LogP contribution is 2.32. The van der Waals surface area contributed by atoms with Gasteiger partial charge in [0.1, 0.15) is 29.5 Å². The molecular weight excluding hydrogens is 418 g/mol. The number of methoxy groups -OCH3 is 2. The fraction of sp³-hybridized carbons (Fsp3) is 0.154. The van der Waals surface area contributed by atoms with Gasteiger partial charge in [0.25, 0.3) is 5.91 Å². The standard InChI is InChI=1S/C26H23N3O4/c1-31-19-12-13-24(32-2)21(16-19)22-17-23(29-28-22)26(30)27-14-5-6-15-33-25-11-7-9-18-8-3-4-10-20(18)25/h3-4,7-13,16-17H,14-15H2,1-2H3,(H,27,30)(H,28,29). The fourth-order valence-corrected chi connectivity index (χ4v) is 3.36. The molecule has 0 aliphatic heterocycles. The van der Waals surface area contributed by atoms with Gasteiger partial charge in [0.05, 0.1) is 26.5 Å². The van der Waals surface area contributed by atoms with Gasteiger partial charge in [0.2, 0.25) is 0 Å². The molecule has 1 heterocycles. The summed E-state index contributed by atoms with van der Waals surface area (Å²) in [6, 6.07) is 21.0. The first-order valence-electron chi connectivity index (χ1n) is 10.3. The Balaban J connectivity index is 1.33. The minimum absolute atomic E-state index is 0.189. The second kappa shape index (κ2) is 10.2. The van der Waals surface area contributed by atoms with Gasteiger partial charge in [-0.2, -0.15) is 5.10 Å². The van der Waals surface area contributed by atoms with Gasteiger partial charge in [-0.05, 0) is 35.7 Å². The number of nitrogens with one attached hydrogen (secondary N) is 2. The van der Waals surface area contributed by atoms with Crippen LogP contribution in [0, 0.1) is 11.8 Å². The predicted molar refractivity (Wildman–Crippen MR) is 127 cm³/mol. The van der Waals surface area contributed by atoms with Crippen LogP contribution in [0.2, 0.25) is 0 Å². The number of hydrogen-bond acceptors (Lipinski definition) is 5. The predicted octanol–water partition coefficient (Wildman–Crippen LogP) is 4.06. The lowest BCUT2D eigenvalue weighted by Gasteiger charge is -2.08. The lowest BCUT2D eigenvalue weighted by atomic mass is 10.1. The van der Waals surface area contributed by atoms with Crippen molar-refractivity contribution in [2.24, 2.45) is 0 Å². The topological polar surface area (TPSA) is 85.5 Å². The second-order valence-corrected chi connectivity index (χ2v) is 7.04. The Labute approximate surface area is 191 Å². The van der Waals surface area contributed by atoms with Crippen LogP contribution in [0.4, 0.5) is 0 Å². The van der Waals surface area contributed by atoms with E-state index >= 15 is 0 Å². The molecule has 0 saturated carbocycles. The van der Waals surface area contributed by atoms with E-state index in [1.807, 2.05) is 42.5 Å². The van der Waals surface area contributed by atoms with Crippen molar-refractivity contribution in [3.63, 3.8) is 0 Å². The van der Waals surface area contributed by atoms with Crippen LogP contribution in [0.5, 0.6) is 17.2 Å². The van der Waals surface area contributed by atoms with E-state index in [2.05, 4.69) is 27.4 Å². The van der Waals surface area contributed by atoms with Gasteiger partial charge in [-0.3, -0.25) is 9.89 Å². The fourth-order valence-electron chi connectivity index (χ4n) is 3.36. The number of fused-ring (bicyclic) bond motifs is 1. The highest BCUT2D eigenvalue weighted by Gasteiger charge is 2.14. The Morgan fingerprint density at radius 2 is 1.82 bits per heavy atom. The summed E-state index contributed by atoms with van der Waals surface area (Å²) in [5.41, 5.74) is 1.62. The summed E-state index contributed by atoms with van der Waals surface area (Å²) in [4.78, 5) is 12.4. The number of aromatic amines is 1. The van der Waals surface area contributed by atoms with Gasteiger partial charge >= 0.3 is 0 Å². The number of nitrogens with zero attached hydrogens (tertiary/aromatic N) is 1. The molecular formula is C26H23N3O4. The average Bonchev–Trinajstić information content (AvgIpc) is 3.36. The second-order valence-electron chi connectivity index (χ2n) is 7.04. The molecule has 3 aromatic carbocycles. The van der Waals surface area contributed by atoms with Crippen molar-refractivity contribution in [1.29, 1.82) is 0 Å². The summed E-state index contributed by atoms with van der Waals surface area (Å²) in [5.74, 6) is 7.59. The SMILES string of the molecule is COc1ccc(OC)c(-c2cc(C(=O)NCC#CCOc3cccc4ccccc34)[nH]n2)c1. The molecule has 0 radical (unpaired) electrons. The summed E-state index contributed by atoms with van der Waals surface area (Å²) < 4.78 is 16.4. The molecule has 166 valence electrons. The van der Waals surface area contributed by atoms with E-state index in [0.717, 1.165) is 22.1 Å². The van der Waals surface area contributed by atoms with Crippen molar-refractivity contribution in [2.45, 2.75) is 0 Å². The molecule has 7 nitrogen and oxygen atoms in total. The summed E-state index contributed by atoms with van der Waals surface area (Å²) in [7, 11) is 3.16. The van der Waals surface area contributed by atoms with Crippen LogP contribution in [0.1, 0.15) is 10.5 Å². The monoisotopic (exact) mass is 441 g/mol. The third-order valence-electron chi connectivity index (χ3n) is 5.02. The van der Waals surface area contributed by atoms with Crippen LogP contribution in [-0.2, 0) is 0 Å². The summed E-state index contributed by atoms with van der Waals surface area (Å²) in [5, 5.41) is 11.9. The van der Waals surface area contributed by atoms with Gasteiger partial charge in [0, 0.05) is 10.9 Å². The van der Waals surface area contributed by atoms with Gasteiger partial charge in [-0.15, -0.1) is 0 Å². The van der Waals surface area contributed by atoms with Gasteiger partial charge in [0.15, 0.2) is 0 Å². The zero-order valence-corrected chi connectivity index (χ0v) is 18.3. The van der Waals surface area contributed by atoms with E-state index in [4.69, 9.17) is 14.2 Å². The Morgan fingerprint density at radius 1 is 0.970 bits per heavy atom. The maximum atomic E-state index is 12.4. The van der Waals surface area contributed by atoms with Crippen LogP contribution in [0.25, 0.3) is 22.0 Å². The number of rotatable bonds is 7. The zero-order valence-electron chi connectivity index (χ0n) is 18.3. The third kappa shape index (κ3) is 5.08. The van der Waals surface area contributed by atoms with E-state index in [-0.39, 0.29) is 19.1 Å². The average molecular weight is 441 g/mol. The molecule has 2 N–H and O–H groups in total. The first-order valence-corrected chi connectivity index (χ1v) is 10.3. The van der Waals surface area contributed by atoms with Crippen molar-refractivity contribution in [2.75, 3.05) is 27.4 Å². The van der Waals surface area contributed by atoms with Crippen molar-refractivity contribution >= 4 is 16.7 Å². The number of carbonyl (C=O) groups excluding carboxylic acids is 1. The van der Waals surface area contributed by atoms with Crippen LogP contribution < -0.4 is 19.5 Å². The molecule has 0 aliphatic carbocycles. The van der Waals surface area contributed by atoms with Crippen LogP contribution in [-0.4, -0.2) is 43.5 Å². The third-order valence-corrected chi connectivity index (χ3v) is 5.02. The van der Waals surface area contributed by atoms with Gasteiger partial charge < -0.3 is 19.5 Å². The molecule has 0 atom stereocenters. The minimum Gasteiger partial charge on any atom is -0.497 e. The Kier molecular flexibility index (Phi) is 6.76. The lowest BCUT2D eigenvalue weighted by molar-refractivity contribution is 0.0953. The van der Waals surface area contributed by atoms with E-state index in [9.17, 15) is 4.79 Å². The molecule has 0 aliphatic rings. The Bertz CT molecular complexity index is 1330. The van der Waals surface area contributed by atoms with Crippen molar-refractivity contribution in [3.05, 3.63) is 72.4 Å². The molecule has 4 rings (SSSR count). The number of benzene rings is 3. The maximum absolute atomic E-state index is 12.4. The van der Waals surface area contributed by atoms with Crippen LogP contribution in [0.15, 0.2) is 66.7 Å². The lowest BCUT2D eigenvalue weighted by Crippen LogP contribution is -2.24. The van der Waals surface area contributed by atoms with E-state index < -0.39 is 0 Å². The van der Waals surface area contributed by atoms with E-state index in [0.29, 0.717) is 22.9 Å². The van der Waals surface area contributed by atoms with E-state index in [1.165, 1.54) is 0 Å². The van der Waals surface area contributed by atoms with E-state index in [1.54, 1.807) is 38.5 Å². The van der Waals surface area contributed by atoms with Crippen molar-refractivity contribution in [3.8, 4) is 40.3 Å². The highest BCUT2D eigenvalue weighted by atomic mass is 16.5. The smallest absolute Gasteiger partial charge is 0.270 e.